The number of fused-ring (bicyclic) bond motifs is 1. The van der Waals surface area contributed by atoms with Crippen LogP contribution in [-0.2, 0) is 28.9 Å². The highest BCUT2D eigenvalue weighted by Crippen LogP contribution is 2.38. The third-order valence-electron chi connectivity index (χ3n) is 4.83. The largest absolute Gasteiger partial charge is 0.462 e. The van der Waals surface area contributed by atoms with Gasteiger partial charge in [0, 0.05) is 24.0 Å². The van der Waals surface area contributed by atoms with Crippen molar-refractivity contribution >= 4 is 28.2 Å². The van der Waals surface area contributed by atoms with Crippen LogP contribution in [0.2, 0.25) is 0 Å². The highest BCUT2D eigenvalue weighted by atomic mass is 32.1. The summed E-state index contributed by atoms with van der Waals surface area (Å²) >= 11 is 1.44. The second kappa shape index (κ2) is 8.84. The highest BCUT2D eigenvalue weighted by molar-refractivity contribution is 7.17. The van der Waals surface area contributed by atoms with Gasteiger partial charge in [0.25, 0.3) is 0 Å². The zero-order chi connectivity index (χ0) is 20.3. The van der Waals surface area contributed by atoms with Gasteiger partial charge >= 0.3 is 5.97 Å². The van der Waals surface area contributed by atoms with Crippen LogP contribution < -0.4 is 5.32 Å². The Morgan fingerprint density at radius 1 is 1.29 bits per heavy atom. The van der Waals surface area contributed by atoms with Crippen LogP contribution in [0.25, 0.3) is 0 Å². The summed E-state index contributed by atoms with van der Waals surface area (Å²) < 4.78 is 18.3. The van der Waals surface area contributed by atoms with Crippen molar-refractivity contribution in [3.63, 3.8) is 0 Å². The third-order valence-corrected chi connectivity index (χ3v) is 5.96. The Morgan fingerprint density at radius 2 is 2.00 bits per heavy atom. The molecule has 2 aromatic rings. The monoisotopic (exact) mass is 404 g/mol. The summed E-state index contributed by atoms with van der Waals surface area (Å²) in [7, 11) is 0. The number of amides is 1. The minimum Gasteiger partial charge on any atom is -0.462 e. The summed E-state index contributed by atoms with van der Waals surface area (Å²) in [4.78, 5) is 28.5. The molecular formula is C21H25FN2O3S. The lowest BCUT2D eigenvalue weighted by molar-refractivity contribution is -0.115. The molecule has 0 saturated carbocycles. The Morgan fingerprint density at radius 3 is 2.64 bits per heavy atom. The van der Waals surface area contributed by atoms with Gasteiger partial charge in [-0.15, -0.1) is 11.3 Å². The van der Waals surface area contributed by atoms with Gasteiger partial charge in [-0.05, 0) is 50.5 Å². The molecule has 0 atom stereocenters. The fourth-order valence-electron chi connectivity index (χ4n) is 3.33. The fourth-order valence-corrected chi connectivity index (χ4v) is 4.61. The first-order valence-electron chi connectivity index (χ1n) is 9.49. The third kappa shape index (κ3) is 4.59. The quantitative estimate of drug-likeness (QED) is 0.739. The van der Waals surface area contributed by atoms with Gasteiger partial charge < -0.3 is 10.1 Å². The molecule has 1 aliphatic rings. The average molecular weight is 405 g/mol. The predicted octanol–water partition coefficient (Wildman–Crippen LogP) is 4.01. The summed E-state index contributed by atoms with van der Waals surface area (Å²) in [5, 5.41) is 3.42. The minimum absolute atomic E-state index is 0.114. The number of hydrogen-bond acceptors (Lipinski definition) is 5. The van der Waals surface area contributed by atoms with Crippen molar-refractivity contribution in [1.82, 2.24) is 4.90 Å². The van der Waals surface area contributed by atoms with Crippen LogP contribution in [-0.4, -0.2) is 36.0 Å². The maximum atomic E-state index is 13.1. The van der Waals surface area contributed by atoms with Crippen LogP contribution in [0.5, 0.6) is 0 Å². The maximum Gasteiger partial charge on any atom is 0.341 e. The van der Waals surface area contributed by atoms with Crippen molar-refractivity contribution in [3.8, 4) is 0 Å². The van der Waals surface area contributed by atoms with Crippen LogP contribution in [0.4, 0.5) is 9.39 Å². The van der Waals surface area contributed by atoms with Crippen molar-refractivity contribution in [2.45, 2.75) is 46.2 Å². The minimum atomic E-state index is -0.393. The van der Waals surface area contributed by atoms with E-state index < -0.39 is 5.97 Å². The molecule has 0 saturated heterocycles. The zero-order valence-corrected chi connectivity index (χ0v) is 17.2. The summed E-state index contributed by atoms with van der Waals surface area (Å²) in [5.41, 5.74) is 2.18. The molecule has 28 heavy (non-hydrogen) atoms. The van der Waals surface area contributed by atoms with Gasteiger partial charge in [0.05, 0.1) is 18.6 Å². The Labute approximate surface area is 168 Å². The van der Waals surface area contributed by atoms with Gasteiger partial charge in [-0.25, -0.2) is 9.18 Å². The van der Waals surface area contributed by atoms with Crippen molar-refractivity contribution < 1.29 is 18.7 Å². The Balaban J connectivity index is 1.83. The number of hydrogen-bond donors (Lipinski definition) is 1. The maximum absolute atomic E-state index is 13.1. The lowest BCUT2D eigenvalue weighted by Crippen LogP contribution is -2.35. The van der Waals surface area contributed by atoms with Gasteiger partial charge in [0.15, 0.2) is 0 Å². The van der Waals surface area contributed by atoms with E-state index >= 15 is 0 Å². The number of rotatable bonds is 6. The molecule has 3 rings (SSSR count). The number of halogens is 1. The molecule has 5 nitrogen and oxygen atoms in total. The Kier molecular flexibility index (Phi) is 6.46. The van der Waals surface area contributed by atoms with Crippen LogP contribution in [0.15, 0.2) is 24.3 Å². The van der Waals surface area contributed by atoms with Crippen molar-refractivity contribution in [2.75, 3.05) is 18.5 Å². The molecule has 1 amide bonds. The van der Waals surface area contributed by atoms with E-state index in [1.54, 1.807) is 19.1 Å². The van der Waals surface area contributed by atoms with E-state index in [0.717, 1.165) is 30.0 Å². The second-order valence-corrected chi connectivity index (χ2v) is 8.20. The molecule has 1 aliphatic heterocycles. The molecular weight excluding hydrogens is 379 g/mol. The molecule has 2 heterocycles. The number of esters is 1. The van der Waals surface area contributed by atoms with E-state index in [1.165, 1.54) is 23.5 Å². The lowest BCUT2D eigenvalue weighted by Gasteiger charge is -2.30. The molecule has 1 N–H and O–H groups in total. The van der Waals surface area contributed by atoms with Crippen molar-refractivity contribution in [1.29, 1.82) is 0 Å². The van der Waals surface area contributed by atoms with E-state index in [1.807, 2.05) is 0 Å². The number of anilines is 1. The number of carbonyl (C=O) groups excluding carboxylic acids is 2. The van der Waals surface area contributed by atoms with Gasteiger partial charge in [0.1, 0.15) is 10.8 Å². The smallest absolute Gasteiger partial charge is 0.341 e. The average Bonchev–Trinajstić information content (AvgIpc) is 3.00. The summed E-state index contributed by atoms with van der Waals surface area (Å²) in [5.74, 6) is -0.971. The van der Waals surface area contributed by atoms with E-state index in [9.17, 15) is 14.0 Å². The van der Waals surface area contributed by atoms with Gasteiger partial charge in [-0.1, -0.05) is 12.1 Å². The number of ether oxygens (including phenoxy) is 1. The molecule has 0 unspecified atom stereocenters. The summed E-state index contributed by atoms with van der Waals surface area (Å²) in [6.45, 7) is 7.98. The molecule has 0 fully saturated rings. The molecule has 1 aromatic heterocycles. The van der Waals surface area contributed by atoms with Gasteiger partial charge in [-0.2, -0.15) is 0 Å². The summed E-state index contributed by atoms with van der Waals surface area (Å²) in [6, 6.07) is 6.24. The van der Waals surface area contributed by atoms with Crippen LogP contribution in [0.1, 0.15) is 47.1 Å². The normalized spacial score (nSPS) is 14.0. The van der Waals surface area contributed by atoms with Gasteiger partial charge in [0.2, 0.25) is 5.91 Å². The predicted molar refractivity (Wildman–Crippen MR) is 108 cm³/mol. The van der Waals surface area contributed by atoms with E-state index in [-0.39, 0.29) is 24.8 Å². The molecule has 1 aromatic carbocycles. The van der Waals surface area contributed by atoms with Crippen LogP contribution in [0.3, 0.4) is 0 Å². The Bertz CT molecular complexity index is 861. The lowest BCUT2D eigenvalue weighted by atomic mass is 10.0. The standard InChI is InChI=1S/C21H25FN2O3S/c1-4-27-21(26)19-16-9-10-24(13(2)3)12-17(16)28-20(19)23-18(25)11-14-5-7-15(22)8-6-14/h5-8,13H,4,9-12H2,1-3H3,(H,23,25). The molecule has 7 heteroatoms. The van der Waals surface area contributed by atoms with Gasteiger partial charge in [-0.3, -0.25) is 9.69 Å². The van der Waals surface area contributed by atoms with E-state index in [2.05, 4.69) is 24.1 Å². The van der Waals surface area contributed by atoms with Crippen LogP contribution in [0, 0.1) is 5.82 Å². The number of benzene rings is 1. The fraction of sp³-hybridized carbons (Fsp3) is 0.429. The number of thiophene rings is 1. The molecule has 0 radical (unpaired) electrons. The topological polar surface area (TPSA) is 58.6 Å². The van der Waals surface area contributed by atoms with E-state index in [0.29, 0.717) is 22.2 Å². The first kappa shape index (κ1) is 20.5. The van der Waals surface area contributed by atoms with Crippen LogP contribution >= 0.6 is 11.3 Å². The van der Waals surface area contributed by atoms with E-state index in [4.69, 9.17) is 4.74 Å². The SMILES string of the molecule is CCOC(=O)c1c(NC(=O)Cc2ccc(F)cc2)sc2c1CCN(C(C)C)C2. The van der Waals surface area contributed by atoms with Crippen molar-refractivity contribution in [2.24, 2.45) is 0 Å². The first-order valence-corrected chi connectivity index (χ1v) is 10.3. The highest BCUT2D eigenvalue weighted by Gasteiger charge is 2.30. The molecule has 0 spiro atoms. The number of nitrogens with zero attached hydrogens (tertiary/aromatic N) is 1. The first-order chi connectivity index (χ1) is 13.4. The molecule has 150 valence electrons. The zero-order valence-electron chi connectivity index (χ0n) is 16.4. The second-order valence-electron chi connectivity index (χ2n) is 7.09. The van der Waals surface area contributed by atoms with Crippen molar-refractivity contribution in [3.05, 3.63) is 51.7 Å². The number of nitrogens with one attached hydrogen (secondary N) is 1. The Hall–Kier alpha value is -2.25. The molecule has 0 aliphatic carbocycles. The summed E-state index contributed by atoms with van der Waals surface area (Å²) in [6.07, 6.45) is 0.870. The number of carbonyl (C=O) groups is 2. The molecule has 0 bridgehead atoms.